The molecule has 0 aliphatic heterocycles. The van der Waals surface area contributed by atoms with E-state index in [-0.39, 0.29) is 0 Å². The van der Waals surface area contributed by atoms with Crippen molar-refractivity contribution in [2.75, 3.05) is 0 Å². The van der Waals surface area contributed by atoms with Crippen LogP contribution in [-0.4, -0.2) is 23.6 Å². The summed E-state index contributed by atoms with van der Waals surface area (Å²) < 4.78 is 27.5. The second-order valence-electron chi connectivity index (χ2n) is 5.35. The monoisotopic (exact) mass is 306 g/mol. The number of nitrogens with one attached hydrogen (secondary N) is 2. The Balaban J connectivity index is 1.84. The molecule has 0 fully saturated rings. The summed E-state index contributed by atoms with van der Waals surface area (Å²) in [5, 5.41) is 6.41. The SMILES string of the molecule is C[C@@H](NS(=O)(=O)c1ccc2c(c1)CCCC2)c1ncn[nH]1. The van der Waals surface area contributed by atoms with Gasteiger partial charge in [0.15, 0.2) is 0 Å². The molecule has 1 atom stereocenters. The first-order valence-corrected chi connectivity index (χ1v) is 8.54. The zero-order valence-corrected chi connectivity index (χ0v) is 12.7. The van der Waals surface area contributed by atoms with E-state index in [0.717, 1.165) is 24.8 Å². The van der Waals surface area contributed by atoms with Crippen molar-refractivity contribution in [1.82, 2.24) is 19.9 Å². The van der Waals surface area contributed by atoms with Crippen LogP contribution in [0, 0.1) is 0 Å². The number of aromatic nitrogens is 3. The van der Waals surface area contributed by atoms with Crippen LogP contribution in [0.2, 0.25) is 0 Å². The largest absolute Gasteiger partial charge is 0.262 e. The highest BCUT2D eigenvalue weighted by Gasteiger charge is 2.21. The molecule has 6 nitrogen and oxygen atoms in total. The fourth-order valence-corrected chi connectivity index (χ4v) is 3.91. The summed E-state index contributed by atoms with van der Waals surface area (Å²) >= 11 is 0. The van der Waals surface area contributed by atoms with Gasteiger partial charge in [0.2, 0.25) is 10.0 Å². The van der Waals surface area contributed by atoms with Crippen LogP contribution in [0.3, 0.4) is 0 Å². The van der Waals surface area contributed by atoms with Gasteiger partial charge in [-0.1, -0.05) is 6.07 Å². The smallest absolute Gasteiger partial charge is 0.241 e. The Kier molecular flexibility index (Phi) is 3.77. The molecule has 1 aromatic carbocycles. The van der Waals surface area contributed by atoms with E-state index in [9.17, 15) is 8.42 Å². The molecule has 1 heterocycles. The zero-order valence-electron chi connectivity index (χ0n) is 11.8. The number of hydrogen-bond donors (Lipinski definition) is 2. The Morgan fingerprint density at radius 1 is 1.24 bits per heavy atom. The maximum atomic E-state index is 12.5. The third-order valence-corrected chi connectivity index (χ3v) is 5.34. The predicted molar refractivity (Wildman–Crippen MR) is 78.2 cm³/mol. The van der Waals surface area contributed by atoms with Gasteiger partial charge in [-0.3, -0.25) is 5.10 Å². The van der Waals surface area contributed by atoms with E-state index >= 15 is 0 Å². The first kappa shape index (κ1) is 14.2. The molecular weight excluding hydrogens is 288 g/mol. The summed E-state index contributed by atoms with van der Waals surface area (Å²) in [4.78, 5) is 4.28. The van der Waals surface area contributed by atoms with Crippen molar-refractivity contribution >= 4 is 10.0 Å². The van der Waals surface area contributed by atoms with Crippen LogP contribution in [-0.2, 0) is 22.9 Å². The van der Waals surface area contributed by atoms with Gasteiger partial charge < -0.3 is 0 Å². The maximum absolute atomic E-state index is 12.5. The number of H-pyrrole nitrogens is 1. The highest BCUT2D eigenvalue weighted by molar-refractivity contribution is 7.89. The molecule has 0 unspecified atom stereocenters. The van der Waals surface area contributed by atoms with Crippen LogP contribution < -0.4 is 4.72 Å². The van der Waals surface area contributed by atoms with Crippen molar-refractivity contribution in [1.29, 1.82) is 0 Å². The summed E-state index contributed by atoms with van der Waals surface area (Å²) in [6, 6.07) is 4.96. The van der Waals surface area contributed by atoms with E-state index in [2.05, 4.69) is 19.9 Å². The Morgan fingerprint density at radius 2 is 2.00 bits per heavy atom. The van der Waals surface area contributed by atoms with E-state index in [4.69, 9.17) is 0 Å². The lowest BCUT2D eigenvalue weighted by molar-refractivity contribution is 0.560. The average molecular weight is 306 g/mol. The number of aromatic amines is 1. The van der Waals surface area contributed by atoms with Crippen LogP contribution in [0.4, 0.5) is 0 Å². The molecule has 21 heavy (non-hydrogen) atoms. The minimum Gasteiger partial charge on any atom is -0.262 e. The number of rotatable bonds is 4. The molecular formula is C14H18N4O2S. The van der Waals surface area contributed by atoms with Gasteiger partial charge in [-0.15, -0.1) is 0 Å². The molecule has 7 heteroatoms. The number of benzene rings is 1. The number of fused-ring (bicyclic) bond motifs is 1. The maximum Gasteiger partial charge on any atom is 0.241 e. The van der Waals surface area contributed by atoms with Crippen molar-refractivity contribution < 1.29 is 8.42 Å². The van der Waals surface area contributed by atoms with E-state index < -0.39 is 16.1 Å². The summed E-state index contributed by atoms with van der Waals surface area (Å²) in [6.45, 7) is 1.73. The quantitative estimate of drug-likeness (QED) is 0.900. The Bertz CT molecular complexity index is 725. The molecule has 0 spiro atoms. The third-order valence-electron chi connectivity index (χ3n) is 3.81. The first-order valence-electron chi connectivity index (χ1n) is 7.06. The van der Waals surface area contributed by atoms with Crippen LogP contribution in [0.15, 0.2) is 29.4 Å². The molecule has 0 amide bonds. The second-order valence-corrected chi connectivity index (χ2v) is 7.07. The van der Waals surface area contributed by atoms with E-state index in [1.54, 1.807) is 19.1 Å². The van der Waals surface area contributed by atoms with Crippen molar-refractivity contribution in [3.05, 3.63) is 41.5 Å². The van der Waals surface area contributed by atoms with E-state index in [0.29, 0.717) is 10.7 Å². The Morgan fingerprint density at radius 3 is 2.71 bits per heavy atom. The Labute approximate surface area is 124 Å². The second kappa shape index (κ2) is 5.57. The fraction of sp³-hybridized carbons (Fsp3) is 0.429. The predicted octanol–water partition coefficient (Wildman–Crippen LogP) is 1.72. The molecule has 112 valence electrons. The van der Waals surface area contributed by atoms with Crippen molar-refractivity contribution in [2.45, 2.75) is 43.5 Å². The normalized spacial score (nSPS) is 16.4. The standard InChI is InChI=1S/C14H18N4O2S/c1-10(14-15-9-16-17-14)18-21(19,20)13-7-6-11-4-2-3-5-12(11)8-13/h6-10,18H,2-5H2,1H3,(H,15,16,17)/t10-/m1/s1. The lowest BCUT2D eigenvalue weighted by Gasteiger charge is -2.17. The summed E-state index contributed by atoms with van der Waals surface area (Å²) in [7, 11) is -3.56. The number of sulfonamides is 1. The van der Waals surface area contributed by atoms with Crippen molar-refractivity contribution in [2.24, 2.45) is 0 Å². The number of aryl methyl sites for hydroxylation is 2. The van der Waals surface area contributed by atoms with Crippen LogP contribution >= 0.6 is 0 Å². The molecule has 0 radical (unpaired) electrons. The van der Waals surface area contributed by atoms with Gasteiger partial charge in [-0.2, -0.15) is 5.10 Å². The van der Waals surface area contributed by atoms with Gasteiger partial charge >= 0.3 is 0 Å². The molecule has 1 aromatic heterocycles. The summed E-state index contributed by atoms with van der Waals surface area (Å²) in [5.41, 5.74) is 2.42. The lowest BCUT2D eigenvalue weighted by atomic mass is 9.92. The van der Waals surface area contributed by atoms with Crippen LogP contribution in [0.1, 0.15) is 42.8 Å². The van der Waals surface area contributed by atoms with E-state index in [1.165, 1.54) is 18.3 Å². The van der Waals surface area contributed by atoms with Gasteiger partial charge in [-0.25, -0.2) is 18.1 Å². The highest BCUT2D eigenvalue weighted by Crippen LogP contribution is 2.24. The highest BCUT2D eigenvalue weighted by atomic mass is 32.2. The van der Waals surface area contributed by atoms with Gasteiger partial charge in [0.25, 0.3) is 0 Å². The molecule has 2 aromatic rings. The third kappa shape index (κ3) is 2.98. The molecule has 0 saturated heterocycles. The van der Waals surface area contributed by atoms with Crippen LogP contribution in [0.25, 0.3) is 0 Å². The number of hydrogen-bond acceptors (Lipinski definition) is 4. The average Bonchev–Trinajstić information content (AvgIpc) is 3.00. The lowest BCUT2D eigenvalue weighted by Crippen LogP contribution is -2.27. The van der Waals surface area contributed by atoms with Gasteiger partial charge in [0.05, 0.1) is 10.9 Å². The molecule has 2 N–H and O–H groups in total. The van der Waals surface area contributed by atoms with Gasteiger partial charge in [0, 0.05) is 0 Å². The molecule has 1 aliphatic carbocycles. The van der Waals surface area contributed by atoms with Gasteiger partial charge in [0.1, 0.15) is 12.2 Å². The summed E-state index contributed by atoms with van der Waals surface area (Å²) in [5.74, 6) is 0.497. The topological polar surface area (TPSA) is 87.7 Å². The Hall–Kier alpha value is -1.73. The minimum atomic E-state index is -3.56. The molecule has 0 bridgehead atoms. The zero-order chi connectivity index (χ0) is 14.9. The molecule has 0 saturated carbocycles. The minimum absolute atomic E-state index is 0.314. The summed E-state index contributed by atoms with van der Waals surface area (Å²) in [6.07, 6.45) is 5.66. The van der Waals surface area contributed by atoms with Crippen molar-refractivity contribution in [3.63, 3.8) is 0 Å². The van der Waals surface area contributed by atoms with Crippen LogP contribution in [0.5, 0.6) is 0 Å². The first-order chi connectivity index (χ1) is 10.1. The van der Waals surface area contributed by atoms with Gasteiger partial charge in [-0.05, 0) is 55.9 Å². The molecule has 1 aliphatic rings. The molecule has 3 rings (SSSR count). The fourth-order valence-electron chi connectivity index (χ4n) is 2.66. The van der Waals surface area contributed by atoms with E-state index in [1.807, 2.05) is 6.07 Å². The number of nitrogens with zero attached hydrogens (tertiary/aromatic N) is 2. The van der Waals surface area contributed by atoms with Crippen molar-refractivity contribution in [3.8, 4) is 0 Å².